The standard InChI is InChI=1S/C11H9BrF3NO2/c12-8-2-1-7(11(13,14)15)3-6(4-8)9-5-16-10(17)18-9/h1-4,8-9H,5H2,(H,16,17). The van der Waals surface area contributed by atoms with Crippen LogP contribution in [0, 0.1) is 0 Å². The van der Waals surface area contributed by atoms with E-state index in [4.69, 9.17) is 4.74 Å². The molecule has 1 heterocycles. The van der Waals surface area contributed by atoms with Crippen LogP contribution < -0.4 is 5.32 Å². The minimum Gasteiger partial charge on any atom is -0.439 e. The second-order valence-corrected chi connectivity index (χ2v) is 4.90. The number of rotatable bonds is 1. The van der Waals surface area contributed by atoms with Gasteiger partial charge < -0.3 is 10.1 Å². The molecule has 0 spiro atoms. The summed E-state index contributed by atoms with van der Waals surface area (Å²) in [5.74, 6) is 0. The van der Waals surface area contributed by atoms with Gasteiger partial charge in [0, 0.05) is 0 Å². The molecule has 0 aromatic carbocycles. The summed E-state index contributed by atoms with van der Waals surface area (Å²) in [6, 6.07) is 0. The van der Waals surface area contributed by atoms with E-state index >= 15 is 0 Å². The molecule has 2 atom stereocenters. The van der Waals surface area contributed by atoms with Gasteiger partial charge in [0.2, 0.25) is 0 Å². The Kier molecular flexibility index (Phi) is 3.52. The highest BCUT2D eigenvalue weighted by molar-refractivity contribution is 9.09. The summed E-state index contributed by atoms with van der Waals surface area (Å²) < 4.78 is 43.0. The molecule has 2 aliphatic rings. The predicted molar refractivity (Wildman–Crippen MR) is 62.3 cm³/mol. The third-order valence-corrected chi connectivity index (χ3v) is 3.08. The Hall–Kier alpha value is -1.24. The van der Waals surface area contributed by atoms with E-state index in [1.54, 1.807) is 6.08 Å². The number of carbonyl (C=O) groups excluding carboxylic acids is 1. The highest BCUT2D eigenvalue weighted by Gasteiger charge is 2.34. The number of allylic oxidation sites excluding steroid dienone is 4. The quantitative estimate of drug-likeness (QED) is 0.753. The van der Waals surface area contributed by atoms with Crippen LogP contribution in [0.5, 0.6) is 0 Å². The van der Waals surface area contributed by atoms with Gasteiger partial charge in [-0.05, 0) is 11.6 Å². The van der Waals surface area contributed by atoms with E-state index in [9.17, 15) is 18.0 Å². The second kappa shape index (κ2) is 4.79. The Morgan fingerprint density at radius 1 is 1.44 bits per heavy atom. The molecular formula is C11H9BrF3NO2. The highest BCUT2D eigenvalue weighted by atomic mass is 79.9. The average Bonchev–Trinajstić information content (AvgIpc) is 2.56. The number of cyclic esters (lactones) is 1. The number of alkyl carbamates (subject to hydrolysis) is 1. The van der Waals surface area contributed by atoms with Gasteiger partial charge in [0.25, 0.3) is 0 Å². The minimum atomic E-state index is -4.43. The number of alkyl halides is 4. The van der Waals surface area contributed by atoms with Gasteiger partial charge in [-0.15, -0.1) is 0 Å². The van der Waals surface area contributed by atoms with Gasteiger partial charge in [0.05, 0.1) is 16.9 Å². The molecule has 1 N–H and O–H groups in total. The maximum absolute atomic E-state index is 12.7. The molecule has 0 bridgehead atoms. The van der Waals surface area contributed by atoms with Crippen LogP contribution in [0.4, 0.5) is 18.0 Å². The molecule has 0 radical (unpaired) electrons. The summed E-state index contributed by atoms with van der Waals surface area (Å²) in [7, 11) is 0. The van der Waals surface area contributed by atoms with Gasteiger partial charge in [-0.3, -0.25) is 0 Å². The Balaban J connectivity index is 2.30. The second-order valence-electron chi connectivity index (χ2n) is 3.84. The van der Waals surface area contributed by atoms with Gasteiger partial charge in [-0.2, -0.15) is 13.2 Å². The van der Waals surface area contributed by atoms with Crippen molar-refractivity contribution in [3.63, 3.8) is 0 Å². The summed E-state index contributed by atoms with van der Waals surface area (Å²) in [6.07, 6.45) is -0.754. The SMILES string of the molecule is O=C1NCC(C2=CC(Br)C=CC(C(F)(F)F)=C2)O1. The smallest absolute Gasteiger partial charge is 0.416 e. The van der Waals surface area contributed by atoms with E-state index in [0.29, 0.717) is 5.57 Å². The van der Waals surface area contributed by atoms with Gasteiger partial charge in [-0.25, -0.2) is 4.79 Å². The fourth-order valence-electron chi connectivity index (χ4n) is 1.66. The molecular weight excluding hydrogens is 315 g/mol. The summed E-state index contributed by atoms with van der Waals surface area (Å²) in [5.41, 5.74) is -0.439. The molecule has 1 aliphatic carbocycles. The summed E-state index contributed by atoms with van der Waals surface area (Å²) in [6.45, 7) is 0.173. The van der Waals surface area contributed by atoms with Crippen molar-refractivity contribution in [2.24, 2.45) is 0 Å². The summed E-state index contributed by atoms with van der Waals surface area (Å²) in [5, 5.41) is 2.41. The average molecular weight is 324 g/mol. The van der Waals surface area contributed by atoms with Crippen molar-refractivity contribution < 1.29 is 22.7 Å². The van der Waals surface area contributed by atoms with Crippen LogP contribution in [-0.2, 0) is 4.74 Å². The number of amides is 1. The molecule has 2 unspecified atom stereocenters. The van der Waals surface area contributed by atoms with Crippen molar-refractivity contribution in [3.8, 4) is 0 Å². The number of hydrogen-bond donors (Lipinski definition) is 1. The molecule has 1 aliphatic heterocycles. The van der Waals surface area contributed by atoms with E-state index in [2.05, 4.69) is 21.2 Å². The molecule has 98 valence electrons. The van der Waals surface area contributed by atoms with Crippen LogP contribution in [0.25, 0.3) is 0 Å². The number of carbonyl (C=O) groups is 1. The lowest BCUT2D eigenvalue weighted by molar-refractivity contribution is -0.0882. The molecule has 0 aromatic rings. The Morgan fingerprint density at radius 2 is 2.17 bits per heavy atom. The first-order valence-electron chi connectivity index (χ1n) is 5.13. The Bertz CT molecular complexity index is 454. The van der Waals surface area contributed by atoms with Gasteiger partial charge >= 0.3 is 12.3 Å². The zero-order valence-corrected chi connectivity index (χ0v) is 10.6. The lowest BCUT2D eigenvalue weighted by Gasteiger charge is -2.12. The lowest BCUT2D eigenvalue weighted by Crippen LogP contribution is -2.18. The number of halogens is 4. The van der Waals surface area contributed by atoms with E-state index in [1.165, 1.54) is 6.08 Å². The molecule has 1 fully saturated rings. The Morgan fingerprint density at radius 3 is 2.72 bits per heavy atom. The monoisotopic (exact) mass is 323 g/mol. The van der Waals surface area contributed by atoms with Gasteiger partial charge in [0.15, 0.2) is 0 Å². The topological polar surface area (TPSA) is 38.3 Å². The molecule has 18 heavy (non-hydrogen) atoms. The van der Waals surface area contributed by atoms with Crippen molar-refractivity contribution in [3.05, 3.63) is 35.5 Å². The fourth-order valence-corrected chi connectivity index (χ4v) is 2.12. The van der Waals surface area contributed by atoms with E-state index in [0.717, 1.165) is 12.2 Å². The first-order chi connectivity index (χ1) is 8.36. The van der Waals surface area contributed by atoms with Crippen molar-refractivity contribution >= 4 is 22.0 Å². The molecule has 2 rings (SSSR count). The van der Waals surface area contributed by atoms with Crippen LogP contribution in [0.15, 0.2) is 35.5 Å². The third-order valence-electron chi connectivity index (χ3n) is 2.51. The molecule has 0 aromatic heterocycles. The van der Waals surface area contributed by atoms with Crippen LogP contribution in [0.1, 0.15) is 0 Å². The zero-order valence-electron chi connectivity index (χ0n) is 9.00. The maximum Gasteiger partial charge on any atom is 0.416 e. The van der Waals surface area contributed by atoms with Crippen molar-refractivity contribution in [2.45, 2.75) is 17.1 Å². The number of hydrogen-bond acceptors (Lipinski definition) is 2. The Labute approximate surface area is 109 Å². The molecule has 7 heteroatoms. The van der Waals surface area contributed by atoms with Crippen molar-refractivity contribution in [1.29, 1.82) is 0 Å². The van der Waals surface area contributed by atoms with Gasteiger partial charge in [0.1, 0.15) is 6.10 Å². The highest BCUT2D eigenvalue weighted by Crippen LogP contribution is 2.31. The van der Waals surface area contributed by atoms with Crippen LogP contribution >= 0.6 is 15.9 Å². The summed E-state index contributed by atoms with van der Waals surface area (Å²) in [4.78, 5) is 10.6. The number of ether oxygens (including phenoxy) is 1. The van der Waals surface area contributed by atoms with E-state index in [-0.39, 0.29) is 11.4 Å². The molecule has 0 saturated carbocycles. The largest absolute Gasteiger partial charge is 0.439 e. The first-order valence-corrected chi connectivity index (χ1v) is 6.05. The normalized spacial score (nSPS) is 28.1. The molecule has 1 amide bonds. The number of nitrogens with one attached hydrogen (secondary N) is 1. The minimum absolute atomic E-state index is 0.173. The predicted octanol–water partition coefficient (Wildman–Crippen LogP) is 2.84. The third kappa shape index (κ3) is 2.95. The van der Waals surface area contributed by atoms with Crippen LogP contribution in [0.3, 0.4) is 0 Å². The van der Waals surface area contributed by atoms with E-state index < -0.39 is 23.9 Å². The van der Waals surface area contributed by atoms with Crippen LogP contribution in [-0.4, -0.2) is 29.7 Å². The van der Waals surface area contributed by atoms with E-state index in [1.807, 2.05) is 0 Å². The maximum atomic E-state index is 12.7. The lowest BCUT2D eigenvalue weighted by atomic mass is 10.1. The van der Waals surface area contributed by atoms with Crippen molar-refractivity contribution in [2.75, 3.05) is 6.54 Å². The fraction of sp³-hybridized carbons (Fsp3) is 0.364. The van der Waals surface area contributed by atoms with Crippen molar-refractivity contribution in [1.82, 2.24) is 5.32 Å². The first kappa shape index (κ1) is 13.2. The van der Waals surface area contributed by atoms with Crippen LogP contribution in [0.2, 0.25) is 0 Å². The van der Waals surface area contributed by atoms with Gasteiger partial charge in [-0.1, -0.05) is 34.2 Å². The molecule has 3 nitrogen and oxygen atoms in total. The summed E-state index contributed by atoms with van der Waals surface area (Å²) >= 11 is 3.21. The zero-order chi connectivity index (χ0) is 13.3. The molecule has 1 saturated heterocycles.